The van der Waals surface area contributed by atoms with Crippen molar-refractivity contribution in [1.29, 1.82) is 0 Å². The number of carboxylic acids is 1. The Hall–Kier alpha value is -2.57. The van der Waals surface area contributed by atoms with E-state index in [1.54, 1.807) is 20.8 Å². The fourth-order valence-corrected chi connectivity index (χ4v) is 3.14. The van der Waals surface area contributed by atoms with E-state index in [1.807, 2.05) is 12.1 Å². The number of primary amides is 1. The van der Waals surface area contributed by atoms with Crippen LogP contribution in [0.2, 0.25) is 0 Å². The molecule has 0 aliphatic carbocycles. The quantitative estimate of drug-likeness (QED) is 0.417. The Kier molecular flexibility index (Phi) is 10.9. The first-order valence-corrected chi connectivity index (χ1v) is 10.6. The van der Waals surface area contributed by atoms with Crippen LogP contribution in [0.4, 0.5) is 4.79 Å². The van der Waals surface area contributed by atoms with E-state index in [0.717, 1.165) is 31.2 Å². The molecule has 0 bridgehead atoms. The van der Waals surface area contributed by atoms with Gasteiger partial charge in [0, 0.05) is 18.9 Å². The largest absolute Gasteiger partial charge is 0.481 e. The normalized spacial score (nSPS) is 12.2. The molecule has 1 aromatic carbocycles. The number of alkyl carbamates (subject to hydrolysis) is 1. The topological polar surface area (TPSA) is 119 Å². The van der Waals surface area contributed by atoms with Gasteiger partial charge in [-0.2, -0.15) is 0 Å². The molecule has 7 heteroatoms. The third kappa shape index (κ3) is 12.8. The summed E-state index contributed by atoms with van der Waals surface area (Å²) in [4.78, 5) is 33.8. The van der Waals surface area contributed by atoms with Gasteiger partial charge in [-0.05, 0) is 70.4 Å². The number of hydrogen-bond acceptors (Lipinski definition) is 4. The van der Waals surface area contributed by atoms with Crippen LogP contribution in [-0.2, 0) is 27.2 Å². The number of nitrogens with one attached hydrogen (secondary N) is 1. The summed E-state index contributed by atoms with van der Waals surface area (Å²) in [5.41, 5.74) is 7.06. The highest BCUT2D eigenvalue weighted by atomic mass is 16.6. The Bertz CT molecular complexity index is 697. The fourth-order valence-electron chi connectivity index (χ4n) is 3.14. The molecule has 1 atom stereocenters. The van der Waals surface area contributed by atoms with Crippen molar-refractivity contribution in [2.75, 3.05) is 0 Å². The van der Waals surface area contributed by atoms with Gasteiger partial charge in [0.1, 0.15) is 5.60 Å². The van der Waals surface area contributed by atoms with Crippen molar-refractivity contribution in [3.63, 3.8) is 0 Å². The molecule has 1 rings (SSSR count). The lowest BCUT2D eigenvalue weighted by molar-refractivity contribution is -0.137. The molecule has 0 aliphatic heterocycles. The van der Waals surface area contributed by atoms with Gasteiger partial charge in [-0.3, -0.25) is 9.59 Å². The summed E-state index contributed by atoms with van der Waals surface area (Å²) < 4.78 is 5.32. The minimum atomic E-state index is -0.747. The van der Waals surface area contributed by atoms with Crippen molar-refractivity contribution in [3.8, 4) is 0 Å². The molecule has 0 spiro atoms. The van der Waals surface area contributed by atoms with Crippen LogP contribution in [0.3, 0.4) is 0 Å². The van der Waals surface area contributed by atoms with Gasteiger partial charge in [-0.15, -0.1) is 0 Å². The zero-order chi connectivity index (χ0) is 22.6. The number of ether oxygens (including phenoxy) is 1. The number of carboxylic acid groups (broad SMARTS) is 1. The van der Waals surface area contributed by atoms with Gasteiger partial charge in [0.2, 0.25) is 5.91 Å². The second-order valence-corrected chi connectivity index (χ2v) is 8.66. The van der Waals surface area contributed by atoms with E-state index in [1.165, 1.54) is 5.56 Å². The number of aliphatic carboxylic acids is 1. The van der Waals surface area contributed by atoms with Crippen molar-refractivity contribution < 1.29 is 24.2 Å². The number of benzene rings is 1. The Morgan fingerprint density at radius 2 is 1.70 bits per heavy atom. The number of carbonyl (C=O) groups excluding carboxylic acids is 2. The number of rotatable bonds is 13. The van der Waals surface area contributed by atoms with Crippen LogP contribution >= 0.6 is 0 Å². The molecule has 30 heavy (non-hydrogen) atoms. The third-order valence-corrected chi connectivity index (χ3v) is 4.59. The smallest absolute Gasteiger partial charge is 0.407 e. The molecule has 0 radical (unpaired) electrons. The van der Waals surface area contributed by atoms with Gasteiger partial charge in [0.05, 0.1) is 0 Å². The first kappa shape index (κ1) is 25.5. The van der Waals surface area contributed by atoms with Gasteiger partial charge in [0.15, 0.2) is 0 Å². The lowest BCUT2D eigenvalue weighted by atomic mass is 9.98. The summed E-state index contributed by atoms with van der Waals surface area (Å²) in [6.07, 6.45) is 5.30. The molecule has 2 amide bonds. The number of aryl methyl sites for hydroxylation is 2. The summed E-state index contributed by atoms with van der Waals surface area (Å²) in [5.74, 6) is -1.14. The molecule has 0 saturated heterocycles. The van der Waals surface area contributed by atoms with Crippen LogP contribution in [-0.4, -0.2) is 34.7 Å². The number of unbranched alkanes of at least 4 members (excludes halogenated alkanes) is 2. The zero-order valence-electron chi connectivity index (χ0n) is 18.4. The molecule has 0 fully saturated rings. The van der Waals surface area contributed by atoms with E-state index in [4.69, 9.17) is 15.6 Å². The van der Waals surface area contributed by atoms with Gasteiger partial charge in [-0.25, -0.2) is 4.79 Å². The van der Waals surface area contributed by atoms with Gasteiger partial charge in [0.25, 0.3) is 0 Å². The highest BCUT2D eigenvalue weighted by molar-refractivity contribution is 5.74. The summed E-state index contributed by atoms with van der Waals surface area (Å²) in [6.45, 7) is 5.41. The number of carbonyl (C=O) groups is 3. The molecule has 0 heterocycles. The van der Waals surface area contributed by atoms with Gasteiger partial charge >= 0.3 is 12.1 Å². The average Bonchev–Trinajstić information content (AvgIpc) is 2.62. The van der Waals surface area contributed by atoms with Crippen molar-refractivity contribution in [3.05, 3.63) is 35.4 Å². The number of nitrogens with two attached hydrogens (primary N) is 1. The molecule has 0 saturated carbocycles. The monoisotopic (exact) mass is 420 g/mol. The van der Waals surface area contributed by atoms with Crippen LogP contribution in [0.5, 0.6) is 0 Å². The average molecular weight is 421 g/mol. The standard InChI is InChI=1S/C23H36N2O5/c1-23(2,3)30-22(29)25-19(14-15-20(24)26)13-12-18-10-7-9-17(16-18)8-5-4-6-11-21(27)28/h7,9-10,16,19H,4-6,8,11-15H2,1-3H3,(H2,24,26)(H,25,29)(H,27,28)/t19-/m1/s1. The SMILES string of the molecule is CC(C)(C)OC(=O)N[C@@H](CCC(N)=O)CCc1cccc(CCCCCC(=O)O)c1. The summed E-state index contributed by atoms with van der Waals surface area (Å²) >= 11 is 0. The van der Waals surface area contributed by atoms with Crippen LogP contribution in [0, 0.1) is 0 Å². The maximum Gasteiger partial charge on any atom is 0.407 e. The minimum absolute atomic E-state index is 0.202. The molecule has 0 aromatic heterocycles. The maximum absolute atomic E-state index is 12.1. The van der Waals surface area contributed by atoms with E-state index in [9.17, 15) is 14.4 Å². The predicted octanol–water partition coefficient (Wildman–Crippen LogP) is 3.97. The van der Waals surface area contributed by atoms with E-state index in [-0.39, 0.29) is 18.9 Å². The Morgan fingerprint density at radius 3 is 2.30 bits per heavy atom. The van der Waals surface area contributed by atoms with Crippen molar-refractivity contribution >= 4 is 18.0 Å². The van der Waals surface area contributed by atoms with E-state index >= 15 is 0 Å². The third-order valence-electron chi connectivity index (χ3n) is 4.59. The Morgan fingerprint density at radius 1 is 1.03 bits per heavy atom. The minimum Gasteiger partial charge on any atom is -0.481 e. The van der Waals surface area contributed by atoms with Crippen LogP contribution in [0.25, 0.3) is 0 Å². The number of amides is 2. The molecule has 0 aliphatic rings. The second kappa shape index (κ2) is 12.9. The fraction of sp³-hybridized carbons (Fsp3) is 0.609. The van der Waals surface area contributed by atoms with Crippen molar-refractivity contribution in [2.24, 2.45) is 5.73 Å². The summed E-state index contributed by atoms with van der Waals surface area (Å²) in [6, 6.07) is 8.08. The van der Waals surface area contributed by atoms with E-state index in [0.29, 0.717) is 19.3 Å². The molecule has 168 valence electrons. The molecular formula is C23H36N2O5. The Balaban J connectivity index is 2.56. The Labute approximate surface area is 179 Å². The van der Waals surface area contributed by atoms with Crippen molar-refractivity contribution in [2.45, 2.75) is 90.2 Å². The first-order chi connectivity index (χ1) is 14.0. The van der Waals surface area contributed by atoms with E-state index < -0.39 is 23.6 Å². The second-order valence-electron chi connectivity index (χ2n) is 8.66. The van der Waals surface area contributed by atoms with E-state index in [2.05, 4.69) is 17.4 Å². The first-order valence-electron chi connectivity index (χ1n) is 10.6. The molecule has 7 nitrogen and oxygen atoms in total. The highest BCUT2D eigenvalue weighted by Gasteiger charge is 2.20. The lowest BCUT2D eigenvalue weighted by Gasteiger charge is -2.23. The predicted molar refractivity (Wildman–Crippen MR) is 116 cm³/mol. The zero-order valence-corrected chi connectivity index (χ0v) is 18.4. The highest BCUT2D eigenvalue weighted by Crippen LogP contribution is 2.15. The molecule has 4 N–H and O–H groups in total. The summed E-state index contributed by atoms with van der Waals surface area (Å²) in [7, 11) is 0. The molecule has 1 aromatic rings. The van der Waals surface area contributed by atoms with Gasteiger partial charge < -0.3 is 20.9 Å². The van der Waals surface area contributed by atoms with Gasteiger partial charge in [-0.1, -0.05) is 30.7 Å². The maximum atomic E-state index is 12.1. The number of hydrogen-bond donors (Lipinski definition) is 3. The van der Waals surface area contributed by atoms with Crippen LogP contribution in [0.15, 0.2) is 24.3 Å². The van der Waals surface area contributed by atoms with Crippen LogP contribution in [0.1, 0.15) is 76.8 Å². The molecular weight excluding hydrogens is 384 g/mol. The molecule has 0 unspecified atom stereocenters. The summed E-state index contributed by atoms with van der Waals surface area (Å²) in [5, 5.41) is 11.5. The van der Waals surface area contributed by atoms with Crippen molar-refractivity contribution in [1.82, 2.24) is 5.32 Å². The lowest BCUT2D eigenvalue weighted by Crippen LogP contribution is -2.39. The van der Waals surface area contributed by atoms with Crippen LogP contribution < -0.4 is 11.1 Å².